The number of aromatic amines is 1. The number of aromatic hydroxyl groups is 1. The molecule has 4 aromatic rings. The van der Waals surface area contributed by atoms with Gasteiger partial charge in [-0.2, -0.15) is 0 Å². The van der Waals surface area contributed by atoms with E-state index in [1.54, 1.807) is 50.5 Å². The first kappa shape index (κ1) is 19.5. The number of halogens is 1. The lowest BCUT2D eigenvalue weighted by Crippen LogP contribution is -2.31. The van der Waals surface area contributed by atoms with Crippen molar-refractivity contribution < 1.29 is 5.11 Å². The average Bonchev–Trinajstić information content (AvgIpc) is 2.93. The van der Waals surface area contributed by atoms with Crippen molar-refractivity contribution in [1.29, 1.82) is 0 Å². The predicted octanol–water partition coefficient (Wildman–Crippen LogP) is 1.83. The lowest BCUT2D eigenvalue weighted by molar-refractivity contribution is 0.430. The molecular weight excluding hydrogens is 410 g/mol. The number of hydrogen-bond acceptors (Lipinski definition) is 5. The van der Waals surface area contributed by atoms with Crippen LogP contribution in [0.25, 0.3) is 16.7 Å². The Morgan fingerprint density at radius 1 is 1.03 bits per heavy atom. The maximum atomic E-state index is 12.3. The van der Waals surface area contributed by atoms with Gasteiger partial charge in [-0.05, 0) is 30.3 Å². The molecule has 0 amide bonds. The van der Waals surface area contributed by atoms with E-state index in [4.69, 9.17) is 11.6 Å². The molecule has 0 spiro atoms. The van der Waals surface area contributed by atoms with Gasteiger partial charge in [-0.3, -0.25) is 23.9 Å². The van der Waals surface area contributed by atoms with Gasteiger partial charge in [0.05, 0.1) is 27.4 Å². The maximum absolute atomic E-state index is 12.3. The minimum Gasteiger partial charge on any atom is -0.493 e. The van der Waals surface area contributed by atoms with Crippen molar-refractivity contribution in [3.8, 4) is 11.6 Å². The summed E-state index contributed by atoms with van der Waals surface area (Å²) in [6.45, 7) is 0. The molecule has 2 aromatic carbocycles. The van der Waals surface area contributed by atoms with Gasteiger partial charge in [0, 0.05) is 20.3 Å². The highest BCUT2D eigenvalue weighted by Gasteiger charge is 2.16. The molecule has 0 atom stereocenters. The van der Waals surface area contributed by atoms with E-state index >= 15 is 0 Å². The molecule has 2 N–H and O–H groups in total. The topological polar surface area (TPSA) is 114 Å². The highest BCUT2D eigenvalue weighted by atomic mass is 35.5. The third kappa shape index (κ3) is 3.05. The first-order chi connectivity index (χ1) is 14.3. The third-order valence-corrected chi connectivity index (χ3v) is 5.13. The number of aromatic nitrogens is 4. The van der Waals surface area contributed by atoms with E-state index in [9.17, 15) is 19.5 Å². The summed E-state index contributed by atoms with van der Waals surface area (Å²) in [5.41, 5.74) is 0.0572. The van der Waals surface area contributed by atoms with Gasteiger partial charge in [-0.1, -0.05) is 23.7 Å². The molecule has 9 nitrogen and oxygen atoms in total. The second kappa shape index (κ2) is 7.20. The number of hydrogen-bond donors (Lipinski definition) is 2. The molecule has 10 heteroatoms. The van der Waals surface area contributed by atoms with Crippen LogP contribution in [0, 0.1) is 0 Å². The fourth-order valence-corrected chi connectivity index (χ4v) is 3.45. The molecule has 0 aliphatic rings. The SMILES string of the molecule is Cn1c(=O)n(C)c2cc(N=Cc3c(O)n(-c4ccccc4Cl)c(=O)[nH]c3=O)ccc21. The summed E-state index contributed by atoms with van der Waals surface area (Å²) in [6, 6.07) is 11.5. The van der Waals surface area contributed by atoms with Crippen LogP contribution in [0.3, 0.4) is 0 Å². The van der Waals surface area contributed by atoms with Crippen molar-refractivity contribution >= 4 is 34.5 Å². The number of nitrogens with zero attached hydrogens (tertiary/aromatic N) is 4. The van der Waals surface area contributed by atoms with Crippen molar-refractivity contribution in [2.45, 2.75) is 0 Å². The van der Waals surface area contributed by atoms with Gasteiger partial charge in [-0.25, -0.2) is 14.2 Å². The Balaban J connectivity index is 1.84. The number of benzene rings is 2. The summed E-state index contributed by atoms with van der Waals surface area (Å²) in [5, 5.41) is 10.8. The maximum Gasteiger partial charge on any atom is 0.335 e. The largest absolute Gasteiger partial charge is 0.493 e. The van der Waals surface area contributed by atoms with Gasteiger partial charge in [-0.15, -0.1) is 0 Å². The molecule has 0 fully saturated rings. The fraction of sp³-hybridized carbons (Fsp3) is 0.100. The van der Waals surface area contributed by atoms with Gasteiger partial charge in [0.1, 0.15) is 5.56 Å². The Morgan fingerprint density at radius 3 is 2.47 bits per heavy atom. The van der Waals surface area contributed by atoms with Gasteiger partial charge in [0.25, 0.3) is 5.56 Å². The van der Waals surface area contributed by atoms with Crippen molar-refractivity contribution in [1.82, 2.24) is 18.7 Å². The number of aliphatic imine (C=N–C) groups is 1. The van der Waals surface area contributed by atoms with E-state index in [1.807, 2.05) is 0 Å². The Hall–Kier alpha value is -3.85. The highest BCUT2D eigenvalue weighted by molar-refractivity contribution is 6.32. The van der Waals surface area contributed by atoms with Crippen molar-refractivity contribution in [2.24, 2.45) is 19.1 Å². The van der Waals surface area contributed by atoms with Gasteiger partial charge in [0.2, 0.25) is 5.88 Å². The fourth-order valence-electron chi connectivity index (χ4n) is 3.23. The monoisotopic (exact) mass is 425 g/mol. The molecule has 2 aromatic heterocycles. The molecule has 152 valence electrons. The smallest absolute Gasteiger partial charge is 0.335 e. The van der Waals surface area contributed by atoms with Crippen molar-refractivity contribution in [2.75, 3.05) is 0 Å². The summed E-state index contributed by atoms with van der Waals surface area (Å²) in [5.74, 6) is -0.589. The molecule has 0 aliphatic heterocycles. The van der Waals surface area contributed by atoms with Gasteiger partial charge in [0.15, 0.2) is 0 Å². The van der Waals surface area contributed by atoms with E-state index in [0.29, 0.717) is 11.2 Å². The molecule has 0 aliphatic carbocycles. The van der Waals surface area contributed by atoms with E-state index in [1.165, 1.54) is 15.2 Å². The lowest BCUT2D eigenvalue weighted by Gasteiger charge is -2.10. The van der Waals surface area contributed by atoms with Crippen LogP contribution in [0.5, 0.6) is 5.88 Å². The van der Waals surface area contributed by atoms with E-state index in [-0.39, 0.29) is 22.0 Å². The van der Waals surface area contributed by atoms with Crippen LogP contribution in [0.2, 0.25) is 5.02 Å². The quantitative estimate of drug-likeness (QED) is 0.487. The Bertz CT molecular complexity index is 1510. The van der Waals surface area contributed by atoms with E-state index in [2.05, 4.69) is 9.98 Å². The predicted molar refractivity (Wildman–Crippen MR) is 115 cm³/mol. The number of aryl methyl sites for hydroxylation is 2. The molecule has 4 rings (SSSR count). The summed E-state index contributed by atoms with van der Waals surface area (Å²) >= 11 is 6.13. The standard InChI is InChI=1S/C20H16ClN5O4/c1-24-15-8-7-11(9-16(15)25(2)20(24)30)22-10-12-17(27)23-19(29)26(18(12)28)14-6-4-3-5-13(14)21/h3-10,28H,1-2H3,(H,23,27,29). The zero-order chi connectivity index (χ0) is 21.6. The second-order valence-electron chi connectivity index (χ2n) is 6.62. The zero-order valence-electron chi connectivity index (χ0n) is 16.0. The number of para-hydroxylation sites is 1. The molecule has 0 unspecified atom stereocenters. The summed E-state index contributed by atoms with van der Waals surface area (Å²) in [6.07, 6.45) is 1.16. The summed E-state index contributed by atoms with van der Waals surface area (Å²) in [7, 11) is 3.32. The van der Waals surface area contributed by atoms with Gasteiger partial charge < -0.3 is 5.11 Å². The van der Waals surface area contributed by atoms with Crippen molar-refractivity contribution in [3.05, 3.63) is 84.4 Å². The molecule has 0 saturated heterocycles. The summed E-state index contributed by atoms with van der Waals surface area (Å²) in [4.78, 5) is 43.0. The minimum atomic E-state index is -0.830. The number of nitrogens with one attached hydrogen (secondary N) is 1. The summed E-state index contributed by atoms with van der Waals surface area (Å²) < 4.78 is 3.89. The van der Waals surface area contributed by atoms with Crippen LogP contribution >= 0.6 is 11.6 Å². The first-order valence-electron chi connectivity index (χ1n) is 8.82. The number of fused-ring (bicyclic) bond motifs is 1. The molecule has 0 bridgehead atoms. The van der Waals surface area contributed by atoms with Crippen LogP contribution in [0.1, 0.15) is 5.56 Å². The second-order valence-corrected chi connectivity index (χ2v) is 7.02. The minimum absolute atomic E-state index is 0.174. The van der Waals surface area contributed by atoms with Crippen molar-refractivity contribution in [3.63, 3.8) is 0 Å². The molecule has 2 heterocycles. The number of H-pyrrole nitrogens is 1. The first-order valence-corrected chi connectivity index (χ1v) is 9.20. The average molecular weight is 426 g/mol. The van der Waals surface area contributed by atoms with E-state index in [0.717, 1.165) is 16.3 Å². The van der Waals surface area contributed by atoms with Crippen LogP contribution in [0.15, 0.2) is 61.8 Å². The molecule has 30 heavy (non-hydrogen) atoms. The van der Waals surface area contributed by atoms with Crippen LogP contribution < -0.4 is 16.9 Å². The van der Waals surface area contributed by atoms with Crippen LogP contribution in [-0.2, 0) is 14.1 Å². The lowest BCUT2D eigenvalue weighted by atomic mass is 10.2. The van der Waals surface area contributed by atoms with Crippen LogP contribution in [-0.4, -0.2) is 30.0 Å². The molecular formula is C20H16ClN5O4. The number of rotatable bonds is 3. The van der Waals surface area contributed by atoms with Gasteiger partial charge >= 0.3 is 11.4 Å². The number of imidazole rings is 1. The Morgan fingerprint density at radius 2 is 1.73 bits per heavy atom. The van der Waals surface area contributed by atoms with E-state index < -0.39 is 17.1 Å². The Labute approximate surface area is 173 Å². The molecule has 0 saturated carbocycles. The zero-order valence-corrected chi connectivity index (χ0v) is 16.7. The third-order valence-electron chi connectivity index (χ3n) is 4.81. The Kier molecular flexibility index (Phi) is 4.67. The molecule has 0 radical (unpaired) electrons. The highest BCUT2D eigenvalue weighted by Crippen LogP contribution is 2.24. The normalized spacial score (nSPS) is 11.6. The van der Waals surface area contributed by atoms with Crippen LogP contribution in [0.4, 0.5) is 5.69 Å².